The SMILES string of the molecule is C#Cc1cccc(C2CCN2)n1. The minimum atomic E-state index is 0.429. The van der Waals surface area contributed by atoms with Crippen LogP contribution in [0.5, 0.6) is 0 Å². The van der Waals surface area contributed by atoms with E-state index in [1.54, 1.807) is 0 Å². The summed E-state index contributed by atoms with van der Waals surface area (Å²) in [5, 5.41) is 3.28. The van der Waals surface area contributed by atoms with Crippen molar-refractivity contribution in [3.05, 3.63) is 29.6 Å². The normalized spacial score (nSPS) is 21.1. The van der Waals surface area contributed by atoms with Crippen molar-refractivity contribution in [3.8, 4) is 12.3 Å². The first-order valence-electron chi connectivity index (χ1n) is 4.07. The lowest BCUT2D eigenvalue weighted by Gasteiger charge is -2.26. The van der Waals surface area contributed by atoms with Gasteiger partial charge < -0.3 is 5.32 Å². The van der Waals surface area contributed by atoms with E-state index in [1.165, 1.54) is 6.42 Å². The second-order valence-electron chi connectivity index (χ2n) is 2.89. The lowest BCUT2D eigenvalue weighted by Crippen LogP contribution is -2.35. The molecule has 0 aliphatic carbocycles. The molecule has 2 heterocycles. The highest BCUT2D eigenvalue weighted by Crippen LogP contribution is 2.20. The molecule has 0 amide bonds. The van der Waals surface area contributed by atoms with Crippen molar-refractivity contribution in [3.63, 3.8) is 0 Å². The summed E-state index contributed by atoms with van der Waals surface area (Å²) in [5.41, 5.74) is 1.79. The molecule has 0 radical (unpaired) electrons. The van der Waals surface area contributed by atoms with Crippen LogP contribution in [0.3, 0.4) is 0 Å². The number of pyridine rings is 1. The van der Waals surface area contributed by atoms with Crippen LogP contribution in [-0.4, -0.2) is 11.5 Å². The van der Waals surface area contributed by atoms with Crippen molar-refractivity contribution < 1.29 is 0 Å². The molecule has 1 N–H and O–H groups in total. The van der Waals surface area contributed by atoms with Gasteiger partial charge in [0.15, 0.2) is 0 Å². The monoisotopic (exact) mass is 158 g/mol. The summed E-state index contributed by atoms with van der Waals surface area (Å²) in [6.45, 7) is 1.09. The van der Waals surface area contributed by atoms with Gasteiger partial charge in [0.05, 0.1) is 11.7 Å². The molecule has 0 bridgehead atoms. The molecule has 1 aromatic heterocycles. The van der Waals surface area contributed by atoms with E-state index in [0.717, 1.165) is 17.9 Å². The third-order valence-corrected chi connectivity index (χ3v) is 2.10. The number of hydrogen-bond acceptors (Lipinski definition) is 2. The first-order chi connectivity index (χ1) is 5.90. The molecule has 1 unspecified atom stereocenters. The van der Waals surface area contributed by atoms with E-state index in [4.69, 9.17) is 6.42 Å². The lowest BCUT2D eigenvalue weighted by molar-refractivity contribution is 0.375. The van der Waals surface area contributed by atoms with Crippen molar-refractivity contribution in [2.24, 2.45) is 0 Å². The molecule has 1 aliphatic heterocycles. The Balaban J connectivity index is 2.27. The van der Waals surface area contributed by atoms with E-state index in [0.29, 0.717) is 6.04 Å². The van der Waals surface area contributed by atoms with E-state index in [1.807, 2.05) is 18.2 Å². The van der Waals surface area contributed by atoms with Gasteiger partial charge >= 0.3 is 0 Å². The van der Waals surface area contributed by atoms with Crippen LogP contribution in [0.15, 0.2) is 18.2 Å². The van der Waals surface area contributed by atoms with Gasteiger partial charge in [-0.2, -0.15) is 0 Å². The zero-order valence-electron chi connectivity index (χ0n) is 6.75. The summed E-state index contributed by atoms with van der Waals surface area (Å²) in [6, 6.07) is 6.25. The number of nitrogens with one attached hydrogen (secondary N) is 1. The van der Waals surface area contributed by atoms with E-state index in [-0.39, 0.29) is 0 Å². The van der Waals surface area contributed by atoms with Gasteiger partial charge in [-0.25, -0.2) is 4.98 Å². The standard InChI is InChI=1S/C10H10N2/c1-2-8-4-3-5-10(12-8)9-6-7-11-9/h1,3-5,9,11H,6-7H2. The summed E-state index contributed by atoms with van der Waals surface area (Å²) >= 11 is 0. The summed E-state index contributed by atoms with van der Waals surface area (Å²) < 4.78 is 0. The minimum Gasteiger partial charge on any atom is -0.309 e. The van der Waals surface area contributed by atoms with Crippen LogP contribution in [0, 0.1) is 12.3 Å². The van der Waals surface area contributed by atoms with E-state index < -0.39 is 0 Å². The second kappa shape index (κ2) is 2.96. The number of rotatable bonds is 1. The Kier molecular flexibility index (Phi) is 1.81. The molecule has 60 valence electrons. The third-order valence-electron chi connectivity index (χ3n) is 2.10. The van der Waals surface area contributed by atoms with Gasteiger partial charge in [0.2, 0.25) is 0 Å². The van der Waals surface area contributed by atoms with Gasteiger partial charge in [0.25, 0.3) is 0 Å². The Hall–Kier alpha value is -1.33. The van der Waals surface area contributed by atoms with E-state index >= 15 is 0 Å². The largest absolute Gasteiger partial charge is 0.309 e. The molecule has 2 rings (SSSR count). The fourth-order valence-electron chi connectivity index (χ4n) is 1.27. The summed E-state index contributed by atoms with van der Waals surface area (Å²) in [7, 11) is 0. The number of terminal acetylenes is 1. The Morgan fingerprint density at radius 2 is 2.42 bits per heavy atom. The number of aromatic nitrogens is 1. The van der Waals surface area contributed by atoms with Crippen molar-refractivity contribution in [1.29, 1.82) is 0 Å². The maximum absolute atomic E-state index is 5.25. The maximum Gasteiger partial charge on any atom is 0.113 e. The molecule has 2 nitrogen and oxygen atoms in total. The van der Waals surface area contributed by atoms with Gasteiger partial charge in [-0.05, 0) is 25.1 Å². The Labute approximate surface area is 72.0 Å². The molecule has 1 atom stereocenters. The Morgan fingerprint density at radius 1 is 1.58 bits per heavy atom. The predicted octanol–water partition coefficient (Wildman–Crippen LogP) is 1.10. The molecule has 1 fully saturated rings. The van der Waals surface area contributed by atoms with Gasteiger partial charge in [0, 0.05) is 0 Å². The fourth-order valence-corrected chi connectivity index (χ4v) is 1.27. The minimum absolute atomic E-state index is 0.429. The van der Waals surface area contributed by atoms with Crippen LogP contribution in [-0.2, 0) is 0 Å². The molecule has 2 heteroatoms. The van der Waals surface area contributed by atoms with Crippen molar-refractivity contribution in [1.82, 2.24) is 10.3 Å². The third kappa shape index (κ3) is 1.19. The van der Waals surface area contributed by atoms with Crippen LogP contribution in [0.1, 0.15) is 23.9 Å². The van der Waals surface area contributed by atoms with Crippen molar-refractivity contribution in [2.45, 2.75) is 12.5 Å². The summed E-state index contributed by atoms with van der Waals surface area (Å²) in [4.78, 5) is 4.31. The van der Waals surface area contributed by atoms with Crippen LogP contribution in [0.2, 0.25) is 0 Å². The smallest absolute Gasteiger partial charge is 0.113 e. The lowest BCUT2D eigenvalue weighted by atomic mass is 10.0. The molecule has 0 spiro atoms. The molecule has 0 aromatic carbocycles. The highest BCUT2D eigenvalue weighted by molar-refractivity contribution is 5.27. The van der Waals surface area contributed by atoms with Crippen molar-refractivity contribution in [2.75, 3.05) is 6.54 Å². The second-order valence-corrected chi connectivity index (χ2v) is 2.89. The van der Waals surface area contributed by atoms with Crippen LogP contribution < -0.4 is 5.32 Å². The van der Waals surface area contributed by atoms with E-state index in [2.05, 4.69) is 16.2 Å². The van der Waals surface area contributed by atoms with Gasteiger partial charge in [0.1, 0.15) is 5.69 Å². The first kappa shape index (κ1) is 7.33. The first-order valence-corrected chi connectivity index (χ1v) is 4.07. The molecular weight excluding hydrogens is 148 g/mol. The number of hydrogen-bond donors (Lipinski definition) is 1. The molecule has 1 aliphatic rings. The molecule has 1 aromatic rings. The van der Waals surface area contributed by atoms with Gasteiger partial charge in [-0.15, -0.1) is 6.42 Å². The van der Waals surface area contributed by atoms with Gasteiger partial charge in [-0.3, -0.25) is 0 Å². The Morgan fingerprint density at radius 3 is 3.00 bits per heavy atom. The molecule has 0 saturated carbocycles. The zero-order valence-corrected chi connectivity index (χ0v) is 6.75. The fraction of sp³-hybridized carbons (Fsp3) is 0.300. The predicted molar refractivity (Wildman–Crippen MR) is 47.5 cm³/mol. The van der Waals surface area contributed by atoms with E-state index in [9.17, 15) is 0 Å². The van der Waals surface area contributed by atoms with Crippen LogP contribution >= 0.6 is 0 Å². The molecular formula is C10H10N2. The highest BCUT2D eigenvalue weighted by Gasteiger charge is 2.19. The van der Waals surface area contributed by atoms with Crippen LogP contribution in [0.25, 0.3) is 0 Å². The average molecular weight is 158 g/mol. The summed E-state index contributed by atoms with van der Waals surface area (Å²) in [5.74, 6) is 2.53. The Bertz CT molecular complexity index is 321. The quantitative estimate of drug-likeness (QED) is 0.619. The molecule has 1 saturated heterocycles. The molecule has 12 heavy (non-hydrogen) atoms. The average Bonchev–Trinajstić information content (AvgIpc) is 2.02. The maximum atomic E-state index is 5.25. The zero-order chi connectivity index (χ0) is 8.39. The highest BCUT2D eigenvalue weighted by atomic mass is 15.0. The number of nitrogens with zero attached hydrogens (tertiary/aromatic N) is 1. The van der Waals surface area contributed by atoms with Gasteiger partial charge in [-0.1, -0.05) is 12.0 Å². The summed E-state index contributed by atoms with van der Waals surface area (Å²) in [6.07, 6.45) is 6.41. The van der Waals surface area contributed by atoms with Crippen molar-refractivity contribution >= 4 is 0 Å². The topological polar surface area (TPSA) is 24.9 Å². The van der Waals surface area contributed by atoms with Crippen LogP contribution in [0.4, 0.5) is 0 Å².